The molecule has 0 spiro atoms. The SMILES string of the molecule is CC(C(=O)O)c1cn(C(C)C)c2cc(C(F)(F)F)ccc12. The smallest absolute Gasteiger partial charge is 0.416 e. The first-order chi connectivity index (χ1) is 9.62. The first-order valence-corrected chi connectivity index (χ1v) is 6.57. The molecular formula is C15H16F3NO2. The Morgan fingerprint density at radius 2 is 1.86 bits per heavy atom. The van der Waals surface area contributed by atoms with Crippen molar-refractivity contribution in [2.75, 3.05) is 0 Å². The zero-order chi connectivity index (χ0) is 15.9. The Balaban J connectivity index is 2.73. The molecular weight excluding hydrogens is 283 g/mol. The van der Waals surface area contributed by atoms with Gasteiger partial charge < -0.3 is 9.67 Å². The van der Waals surface area contributed by atoms with Gasteiger partial charge in [-0.2, -0.15) is 13.2 Å². The summed E-state index contributed by atoms with van der Waals surface area (Å²) in [7, 11) is 0. The fourth-order valence-electron chi connectivity index (χ4n) is 2.36. The third kappa shape index (κ3) is 2.75. The van der Waals surface area contributed by atoms with Gasteiger partial charge >= 0.3 is 12.1 Å². The molecule has 1 heterocycles. The van der Waals surface area contributed by atoms with Gasteiger partial charge in [0.05, 0.1) is 11.5 Å². The number of aromatic nitrogens is 1. The normalized spacial score (nSPS) is 13.9. The fourth-order valence-corrected chi connectivity index (χ4v) is 2.36. The standard InChI is InChI=1S/C15H16F3NO2/c1-8(2)19-7-12(9(3)14(20)21)11-5-4-10(6-13(11)19)15(16,17)18/h4-9H,1-3H3,(H,20,21). The molecule has 114 valence electrons. The number of nitrogens with zero attached hydrogens (tertiary/aromatic N) is 1. The van der Waals surface area contributed by atoms with Gasteiger partial charge in [-0.3, -0.25) is 4.79 Å². The van der Waals surface area contributed by atoms with E-state index in [2.05, 4.69) is 0 Å². The van der Waals surface area contributed by atoms with E-state index in [0.29, 0.717) is 16.5 Å². The van der Waals surface area contributed by atoms with Crippen LogP contribution in [-0.4, -0.2) is 15.6 Å². The molecule has 1 atom stereocenters. The molecule has 1 aromatic heterocycles. The Bertz CT molecular complexity index is 686. The lowest BCUT2D eigenvalue weighted by molar-refractivity contribution is -0.138. The van der Waals surface area contributed by atoms with Crippen LogP contribution in [0.1, 0.15) is 43.9 Å². The second-order valence-corrected chi connectivity index (χ2v) is 5.38. The first-order valence-electron chi connectivity index (χ1n) is 6.57. The van der Waals surface area contributed by atoms with Gasteiger partial charge in [-0.1, -0.05) is 6.07 Å². The van der Waals surface area contributed by atoms with Crippen LogP contribution in [0, 0.1) is 0 Å². The molecule has 2 rings (SSSR count). The molecule has 0 saturated carbocycles. The van der Waals surface area contributed by atoms with E-state index in [4.69, 9.17) is 5.11 Å². The van der Waals surface area contributed by atoms with Gasteiger partial charge in [0.25, 0.3) is 0 Å². The minimum atomic E-state index is -4.42. The molecule has 3 nitrogen and oxygen atoms in total. The van der Waals surface area contributed by atoms with Crippen molar-refractivity contribution in [3.63, 3.8) is 0 Å². The highest BCUT2D eigenvalue weighted by Crippen LogP contribution is 2.35. The molecule has 0 radical (unpaired) electrons. The molecule has 0 fully saturated rings. The van der Waals surface area contributed by atoms with E-state index in [9.17, 15) is 18.0 Å². The molecule has 0 saturated heterocycles. The monoisotopic (exact) mass is 299 g/mol. The molecule has 0 aliphatic rings. The van der Waals surface area contributed by atoms with Gasteiger partial charge in [-0.25, -0.2) is 0 Å². The number of benzene rings is 1. The molecule has 0 bridgehead atoms. The van der Waals surface area contributed by atoms with Crippen LogP contribution in [0.4, 0.5) is 13.2 Å². The van der Waals surface area contributed by atoms with E-state index < -0.39 is 23.6 Å². The molecule has 21 heavy (non-hydrogen) atoms. The summed E-state index contributed by atoms with van der Waals surface area (Å²) in [6, 6.07) is 3.36. The molecule has 2 aromatic rings. The van der Waals surface area contributed by atoms with Crippen molar-refractivity contribution in [2.45, 2.75) is 38.9 Å². The number of hydrogen-bond acceptors (Lipinski definition) is 1. The highest BCUT2D eigenvalue weighted by Gasteiger charge is 2.31. The number of carboxylic acids is 1. The van der Waals surface area contributed by atoms with E-state index in [1.807, 2.05) is 13.8 Å². The molecule has 0 aliphatic carbocycles. The van der Waals surface area contributed by atoms with Gasteiger partial charge in [-0.15, -0.1) is 0 Å². The molecule has 1 aromatic carbocycles. The van der Waals surface area contributed by atoms with Gasteiger partial charge in [0.2, 0.25) is 0 Å². The number of rotatable bonds is 3. The summed E-state index contributed by atoms with van der Waals surface area (Å²) in [4.78, 5) is 11.2. The van der Waals surface area contributed by atoms with Crippen molar-refractivity contribution in [3.8, 4) is 0 Å². The predicted molar refractivity (Wildman–Crippen MR) is 73.4 cm³/mol. The maximum atomic E-state index is 12.8. The van der Waals surface area contributed by atoms with Crippen LogP contribution in [0.25, 0.3) is 10.9 Å². The quantitative estimate of drug-likeness (QED) is 0.911. The number of aliphatic carboxylic acids is 1. The Labute approximate surface area is 120 Å². The van der Waals surface area contributed by atoms with Crippen LogP contribution in [0.5, 0.6) is 0 Å². The topological polar surface area (TPSA) is 42.2 Å². The highest BCUT2D eigenvalue weighted by atomic mass is 19.4. The summed E-state index contributed by atoms with van der Waals surface area (Å²) < 4.78 is 40.2. The lowest BCUT2D eigenvalue weighted by Crippen LogP contribution is -2.07. The fraction of sp³-hybridized carbons (Fsp3) is 0.400. The third-order valence-corrected chi connectivity index (χ3v) is 3.59. The van der Waals surface area contributed by atoms with Crippen molar-refractivity contribution in [2.24, 2.45) is 0 Å². The van der Waals surface area contributed by atoms with Gasteiger partial charge in [0.1, 0.15) is 0 Å². The summed E-state index contributed by atoms with van der Waals surface area (Å²) >= 11 is 0. The van der Waals surface area contributed by atoms with Crippen molar-refractivity contribution < 1.29 is 23.1 Å². The second kappa shape index (κ2) is 5.09. The summed E-state index contributed by atoms with van der Waals surface area (Å²) in [6.07, 6.45) is -2.78. The number of hydrogen-bond donors (Lipinski definition) is 1. The maximum Gasteiger partial charge on any atom is 0.416 e. The number of halogens is 3. The molecule has 0 aliphatic heterocycles. The Morgan fingerprint density at radius 1 is 1.24 bits per heavy atom. The summed E-state index contributed by atoms with van der Waals surface area (Å²) in [5, 5.41) is 9.69. The van der Waals surface area contributed by atoms with E-state index in [1.165, 1.54) is 13.0 Å². The third-order valence-electron chi connectivity index (χ3n) is 3.59. The first kappa shape index (κ1) is 15.4. The molecule has 1 unspecified atom stereocenters. The van der Waals surface area contributed by atoms with Crippen LogP contribution in [0.2, 0.25) is 0 Å². The number of alkyl halides is 3. The molecule has 6 heteroatoms. The largest absolute Gasteiger partial charge is 0.481 e. The van der Waals surface area contributed by atoms with Crippen molar-refractivity contribution in [1.29, 1.82) is 0 Å². The van der Waals surface area contributed by atoms with Gasteiger partial charge in [-0.05, 0) is 38.5 Å². The van der Waals surface area contributed by atoms with Crippen molar-refractivity contribution >= 4 is 16.9 Å². The van der Waals surface area contributed by atoms with Crippen molar-refractivity contribution in [1.82, 2.24) is 4.57 Å². The average molecular weight is 299 g/mol. The van der Waals surface area contributed by atoms with E-state index in [0.717, 1.165) is 12.1 Å². The van der Waals surface area contributed by atoms with Gasteiger partial charge in [0.15, 0.2) is 0 Å². The Kier molecular flexibility index (Phi) is 3.74. The van der Waals surface area contributed by atoms with Crippen molar-refractivity contribution in [3.05, 3.63) is 35.5 Å². The zero-order valence-corrected chi connectivity index (χ0v) is 11.9. The number of carboxylic acid groups (broad SMARTS) is 1. The summed E-state index contributed by atoms with van der Waals surface area (Å²) in [5.74, 6) is -1.78. The van der Waals surface area contributed by atoms with E-state index >= 15 is 0 Å². The van der Waals surface area contributed by atoms with Crippen LogP contribution in [0.3, 0.4) is 0 Å². The second-order valence-electron chi connectivity index (χ2n) is 5.38. The Hall–Kier alpha value is -1.98. The number of fused-ring (bicyclic) bond motifs is 1. The highest BCUT2D eigenvalue weighted by molar-refractivity contribution is 5.90. The van der Waals surface area contributed by atoms with E-state index in [1.54, 1.807) is 10.8 Å². The zero-order valence-electron chi connectivity index (χ0n) is 11.9. The molecule has 0 amide bonds. The summed E-state index contributed by atoms with van der Waals surface area (Å²) in [5.41, 5.74) is 0.201. The summed E-state index contributed by atoms with van der Waals surface area (Å²) in [6.45, 7) is 5.21. The van der Waals surface area contributed by atoms with Crippen LogP contribution >= 0.6 is 0 Å². The lowest BCUT2D eigenvalue weighted by atomic mass is 10.00. The minimum Gasteiger partial charge on any atom is -0.481 e. The van der Waals surface area contributed by atoms with Crippen LogP contribution < -0.4 is 0 Å². The average Bonchev–Trinajstić information content (AvgIpc) is 2.75. The van der Waals surface area contributed by atoms with E-state index in [-0.39, 0.29) is 6.04 Å². The minimum absolute atomic E-state index is 0.0641. The molecule has 1 N–H and O–H groups in total. The lowest BCUT2D eigenvalue weighted by Gasteiger charge is -2.11. The van der Waals surface area contributed by atoms with Gasteiger partial charge in [0, 0.05) is 23.1 Å². The Morgan fingerprint density at radius 3 is 2.33 bits per heavy atom. The number of carbonyl (C=O) groups is 1. The van der Waals surface area contributed by atoms with Crippen LogP contribution in [-0.2, 0) is 11.0 Å². The predicted octanol–water partition coefficient (Wildman–Crippen LogP) is 4.43. The maximum absolute atomic E-state index is 12.8. The van der Waals surface area contributed by atoms with Crippen LogP contribution in [0.15, 0.2) is 24.4 Å².